The Morgan fingerprint density at radius 2 is 2.06 bits per heavy atom. The SMILES string of the molecule is O=C1CCCc2ccc(NCCCCCO)cc21. The van der Waals surface area contributed by atoms with Crippen LogP contribution in [0.3, 0.4) is 0 Å². The van der Waals surface area contributed by atoms with Gasteiger partial charge in [-0.1, -0.05) is 6.07 Å². The van der Waals surface area contributed by atoms with Crippen molar-refractivity contribution >= 4 is 11.5 Å². The normalized spacial score (nSPS) is 14.4. The minimum absolute atomic E-state index is 0.271. The number of nitrogens with one attached hydrogen (secondary N) is 1. The minimum atomic E-state index is 0.271. The zero-order valence-electron chi connectivity index (χ0n) is 10.7. The largest absolute Gasteiger partial charge is 0.396 e. The number of Topliss-reactive ketones (excluding diaryl/α,β-unsaturated/α-hetero) is 1. The van der Waals surface area contributed by atoms with Gasteiger partial charge in [0.05, 0.1) is 0 Å². The van der Waals surface area contributed by atoms with Crippen molar-refractivity contribution in [2.24, 2.45) is 0 Å². The van der Waals surface area contributed by atoms with E-state index in [1.54, 1.807) is 0 Å². The Morgan fingerprint density at radius 1 is 1.17 bits per heavy atom. The number of carbonyl (C=O) groups is 1. The summed E-state index contributed by atoms with van der Waals surface area (Å²) in [6.45, 7) is 1.17. The van der Waals surface area contributed by atoms with Crippen LogP contribution in [0.2, 0.25) is 0 Å². The lowest BCUT2D eigenvalue weighted by Crippen LogP contribution is -2.11. The van der Waals surface area contributed by atoms with Gasteiger partial charge in [-0.05, 0) is 49.8 Å². The lowest BCUT2D eigenvalue weighted by Gasteiger charge is -2.16. The van der Waals surface area contributed by atoms with Crippen molar-refractivity contribution in [3.63, 3.8) is 0 Å². The van der Waals surface area contributed by atoms with Crippen molar-refractivity contribution in [3.05, 3.63) is 29.3 Å². The molecule has 0 fully saturated rings. The Labute approximate surface area is 108 Å². The fourth-order valence-electron chi connectivity index (χ4n) is 2.38. The van der Waals surface area contributed by atoms with E-state index < -0.39 is 0 Å². The number of anilines is 1. The molecule has 0 radical (unpaired) electrons. The van der Waals surface area contributed by atoms with Crippen molar-refractivity contribution < 1.29 is 9.90 Å². The molecule has 0 heterocycles. The summed E-state index contributed by atoms with van der Waals surface area (Å²) in [6.07, 6.45) is 5.65. The average molecular weight is 247 g/mol. The van der Waals surface area contributed by atoms with Gasteiger partial charge in [-0.15, -0.1) is 0 Å². The predicted molar refractivity (Wildman–Crippen MR) is 73.1 cm³/mol. The summed E-state index contributed by atoms with van der Waals surface area (Å²) in [5, 5.41) is 12.0. The third-order valence-corrected chi connectivity index (χ3v) is 3.42. The van der Waals surface area contributed by atoms with Crippen molar-refractivity contribution in [1.82, 2.24) is 0 Å². The molecule has 1 aromatic rings. The molecule has 0 saturated carbocycles. The molecule has 0 atom stereocenters. The highest BCUT2D eigenvalue weighted by Gasteiger charge is 2.16. The Bertz CT molecular complexity index is 415. The number of hydrogen-bond donors (Lipinski definition) is 2. The molecule has 18 heavy (non-hydrogen) atoms. The fraction of sp³-hybridized carbons (Fsp3) is 0.533. The van der Waals surface area contributed by atoms with Gasteiger partial charge in [0.25, 0.3) is 0 Å². The van der Waals surface area contributed by atoms with Gasteiger partial charge in [0, 0.05) is 30.8 Å². The van der Waals surface area contributed by atoms with E-state index in [-0.39, 0.29) is 12.4 Å². The highest BCUT2D eigenvalue weighted by atomic mass is 16.2. The van der Waals surface area contributed by atoms with Gasteiger partial charge >= 0.3 is 0 Å². The van der Waals surface area contributed by atoms with Crippen LogP contribution in [-0.4, -0.2) is 24.0 Å². The van der Waals surface area contributed by atoms with Gasteiger partial charge in [0.1, 0.15) is 0 Å². The van der Waals surface area contributed by atoms with E-state index in [9.17, 15) is 4.79 Å². The van der Waals surface area contributed by atoms with Crippen molar-refractivity contribution in [3.8, 4) is 0 Å². The Morgan fingerprint density at radius 3 is 2.89 bits per heavy atom. The number of carbonyl (C=O) groups excluding carboxylic acids is 1. The van der Waals surface area contributed by atoms with Gasteiger partial charge in [-0.25, -0.2) is 0 Å². The van der Waals surface area contributed by atoms with Crippen LogP contribution < -0.4 is 5.32 Å². The molecule has 3 nitrogen and oxygen atoms in total. The van der Waals surface area contributed by atoms with Crippen LogP contribution in [0, 0.1) is 0 Å². The number of aryl methyl sites for hydroxylation is 1. The lowest BCUT2D eigenvalue weighted by molar-refractivity contribution is 0.0972. The second-order valence-electron chi connectivity index (χ2n) is 4.86. The second kappa shape index (κ2) is 6.55. The molecular weight excluding hydrogens is 226 g/mol. The first kappa shape index (κ1) is 13.1. The number of fused-ring (bicyclic) bond motifs is 1. The summed E-state index contributed by atoms with van der Waals surface area (Å²) in [7, 11) is 0. The summed E-state index contributed by atoms with van der Waals surface area (Å²) in [5.41, 5.74) is 3.13. The number of ketones is 1. The lowest BCUT2D eigenvalue weighted by atomic mass is 9.90. The van der Waals surface area contributed by atoms with Crippen LogP contribution in [0.25, 0.3) is 0 Å². The molecule has 2 rings (SSSR count). The van der Waals surface area contributed by atoms with E-state index in [1.165, 1.54) is 5.56 Å². The summed E-state index contributed by atoms with van der Waals surface area (Å²) in [6, 6.07) is 6.12. The van der Waals surface area contributed by atoms with Gasteiger partial charge in [-0.3, -0.25) is 4.79 Å². The maximum Gasteiger partial charge on any atom is 0.163 e. The first-order valence-electron chi connectivity index (χ1n) is 6.82. The van der Waals surface area contributed by atoms with Gasteiger partial charge in [-0.2, -0.15) is 0 Å². The summed E-state index contributed by atoms with van der Waals surface area (Å²) in [5.74, 6) is 0.278. The zero-order chi connectivity index (χ0) is 12.8. The monoisotopic (exact) mass is 247 g/mol. The second-order valence-corrected chi connectivity index (χ2v) is 4.86. The Hall–Kier alpha value is -1.35. The first-order valence-corrected chi connectivity index (χ1v) is 6.82. The van der Waals surface area contributed by atoms with Gasteiger partial charge in [0.2, 0.25) is 0 Å². The summed E-state index contributed by atoms with van der Waals surface area (Å²) < 4.78 is 0. The average Bonchev–Trinajstić information content (AvgIpc) is 2.39. The fourth-order valence-corrected chi connectivity index (χ4v) is 2.38. The number of benzene rings is 1. The summed E-state index contributed by atoms with van der Waals surface area (Å²) >= 11 is 0. The van der Waals surface area contributed by atoms with E-state index in [0.717, 1.165) is 49.9 Å². The van der Waals surface area contributed by atoms with Crippen LogP contribution in [0.15, 0.2) is 18.2 Å². The molecule has 0 spiro atoms. The first-order chi connectivity index (χ1) is 8.81. The Kier molecular flexibility index (Phi) is 4.76. The predicted octanol–water partition coefficient (Wildman–Crippen LogP) is 2.78. The van der Waals surface area contributed by atoms with Crippen molar-refractivity contribution in [2.75, 3.05) is 18.5 Å². The van der Waals surface area contributed by atoms with E-state index in [0.29, 0.717) is 6.42 Å². The van der Waals surface area contributed by atoms with Gasteiger partial charge in [0.15, 0.2) is 5.78 Å². The van der Waals surface area contributed by atoms with Crippen molar-refractivity contribution in [1.29, 1.82) is 0 Å². The summed E-state index contributed by atoms with van der Waals surface area (Å²) in [4.78, 5) is 11.8. The quantitative estimate of drug-likeness (QED) is 0.760. The molecule has 0 amide bonds. The molecule has 1 aliphatic rings. The zero-order valence-corrected chi connectivity index (χ0v) is 10.7. The molecule has 2 N–H and O–H groups in total. The maximum atomic E-state index is 11.8. The number of aliphatic hydroxyl groups excluding tert-OH is 1. The van der Waals surface area contributed by atoms with E-state index in [2.05, 4.69) is 17.4 Å². The number of hydrogen-bond acceptors (Lipinski definition) is 3. The molecule has 0 bridgehead atoms. The number of rotatable bonds is 6. The molecular formula is C15H21NO2. The third-order valence-electron chi connectivity index (χ3n) is 3.42. The molecule has 1 aromatic carbocycles. The molecule has 3 heteroatoms. The van der Waals surface area contributed by atoms with Crippen LogP contribution in [-0.2, 0) is 6.42 Å². The Balaban J connectivity index is 1.90. The van der Waals surface area contributed by atoms with E-state index in [4.69, 9.17) is 5.11 Å². The maximum absolute atomic E-state index is 11.8. The van der Waals surface area contributed by atoms with Crippen LogP contribution >= 0.6 is 0 Å². The molecule has 1 aliphatic carbocycles. The molecule has 0 saturated heterocycles. The number of unbranched alkanes of at least 4 members (excludes halogenated alkanes) is 2. The van der Waals surface area contributed by atoms with E-state index in [1.807, 2.05) is 6.07 Å². The van der Waals surface area contributed by atoms with Crippen LogP contribution in [0.1, 0.15) is 48.0 Å². The standard InChI is InChI=1S/C15H21NO2/c17-10-3-1-2-9-16-13-8-7-12-5-4-6-15(18)14(12)11-13/h7-8,11,16-17H,1-6,9-10H2. The molecule has 0 unspecified atom stereocenters. The number of aliphatic hydroxyl groups is 1. The van der Waals surface area contributed by atoms with Crippen molar-refractivity contribution in [2.45, 2.75) is 38.5 Å². The van der Waals surface area contributed by atoms with Gasteiger partial charge < -0.3 is 10.4 Å². The smallest absolute Gasteiger partial charge is 0.163 e. The molecule has 0 aliphatic heterocycles. The minimum Gasteiger partial charge on any atom is -0.396 e. The highest BCUT2D eigenvalue weighted by Crippen LogP contribution is 2.24. The molecule has 0 aromatic heterocycles. The third kappa shape index (κ3) is 3.33. The van der Waals surface area contributed by atoms with Crippen LogP contribution in [0.5, 0.6) is 0 Å². The highest BCUT2D eigenvalue weighted by molar-refractivity contribution is 5.99. The van der Waals surface area contributed by atoms with E-state index >= 15 is 0 Å². The van der Waals surface area contributed by atoms with Crippen LogP contribution in [0.4, 0.5) is 5.69 Å². The topological polar surface area (TPSA) is 49.3 Å². The molecule has 98 valence electrons.